The lowest BCUT2D eigenvalue weighted by Gasteiger charge is -2.14. The van der Waals surface area contributed by atoms with Gasteiger partial charge in [-0.15, -0.1) is 0 Å². The third kappa shape index (κ3) is 3.72. The summed E-state index contributed by atoms with van der Waals surface area (Å²) in [4.78, 5) is 3.85. The summed E-state index contributed by atoms with van der Waals surface area (Å²) in [6.07, 6.45) is 0. The molecule has 0 radical (unpaired) electrons. The average molecular weight is 595 g/mol. The van der Waals surface area contributed by atoms with Crippen molar-refractivity contribution < 1.29 is 0 Å². The van der Waals surface area contributed by atoms with E-state index in [1.54, 1.807) is 0 Å². The minimum atomic E-state index is 0.695. The van der Waals surface area contributed by atoms with Crippen LogP contribution in [0.15, 0.2) is 158 Å². The Balaban J connectivity index is 1.18. The van der Waals surface area contributed by atoms with E-state index < -0.39 is 0 Å². The van der Waals surface area contributed by atoms with Gasteiger partial charge in [-0.3, -0.25) is 0 Å². The first-order valence-electron chi connectivity index (χ1n) is 16.0. The highest BCUT2D eigenvalue weighted by Crippen LogP contribution is 2.44. The maximum Gasteiger partial charge on any atom is 0.195 e. The van der Waals surface area contributed by atoms with Crippen molar-refractivity contribution in [3.63, 3.8) is 0 Å². The van der Waals surface area contributed by atoms with Crippen molar-refractivity contribution in [3.05, 3.63) is 169 Å². The molecule has 2 nitrogen and oxygen atoms in total. The number of hydrogen-bond donors (Lipinski definition) is 0. The molecule has 1 heterocycles. The molecule has 0 aliphatic rings. The fraction of sp³-hybridized carbons (Fsp3) is 0. The molecule has 0 unspecified atom stereocenters. The molecule has 0 atom stereocenters. The first-order valence-corrected chi connectivity index (χ1v) is 16.0. The lowest BCUT2D eigenvalue weighted by molar-refractivity contribution is 1.18. The Hall–Kier alpha value is -6.43. The summed E-state index contributed by atoms with van der Waals surface area (Å²) in [7, 11) is 0. The standard InChI is InChI=1S/C45H26N2/c1-46-41-23-24-42-45-38(41)22-20-31-25-32(26-43(44(31)45)47(42)33-10-3-2-4-11-33)28-15-17-30(18-16-28)39-27-40-34-12-6-5-9-29(34)19-21-37(40)35-13-7-8-14-36(35)39/h2-27H. The summed E-state index contributed by atoms with van der Waals surface area (Å²) in [5.74, 6) is 0. The van der Waals surface area contributed by atoms with E-state index >= 15 is 0 Å². The molecule has 9 aromatic carbocycles. The van der Waals surface area contributed by atoms with Gasteiger partial charge in [0, 0.05) is 16.5 Å². The van der Waals surface area contributed by atoms with Crippen molar-refractivity contribution >= 4 is 70.6 Å². The quantitative estimate of drug-likeness (QED) is 0.142. The monoisotopic (exact) mass is 594 g/mol. The van der Waals surface area contributed by atoms with Crippen LogP contribution in [0.1, 0.15) is 0 Å². The highest BCUT2D eigenvalue weighted by Gasteiger charge is 2.20. The Morgan fingerprint density at radius 1 is 0.404 bits per heavy atom. The first kappa shape index (κ1) is 25.9. The Morgan fingerprint density at radius 3 is 1.91 bits per heavy atom. The normalized spacial score (nSPS) is 11.8. The van der Waals surface area contributed by atoms with Gasteiger partial charge in [-0.25, -0.2) is 4.85 Å². The summed E-state index contributed by atoms with van der Waals surface area (Å²) in [6.45, 7) is 7.79. The SMILES string of the molecule is [C-]#[N+]c1ccc2c3c1ccc1cc(-c4ccc(-c5cc6c7ccccc7ccc6c6ccccc56)cc4)cc(c13)n2-c1ccccc1. The molecule has 10 rings (SSSR count). The van der Waals surface area contributed by atoms with E-state index in [0.29, 0.717) is 5.69 Å². The zero-order chi connectivity index (χ0) is 31.1. The van der Waals surface area contributed by atoms with Gasteiger partial charge in [0.05, 0.1) is 17.6 Å². The predicted octanol–water partition coefficient (Wildman–Crippen LogP) is 12.7. The lowest BCUT2D eigenvalue weighted by Crippen LogP contribution is -1.93. The number of hydrogen-bond acceptors (Lipinski definition) is 0. The minimum absolute atomic E-state index is 0.695. The van der Waals surface area contributed by atoms with Crippen molar-refractivity contribution in [2.45, 2.75) is 0 Å². The largest absolute Gasteiger partial charge is 0.309 e. The van der Waals surface area contributed by atoms with Crippen LogP contribution in [0, 0.1) is 6.57 Å². The fourth-order valence-corrected chi connectivity index (χ4v) is 7.81. The van der Waals surface area contributed by atoms with Gasteiger partial charge < -0.3 is 4.57 Å². The second-order valence-electron chi connectivity index (χ2n) is 12.4. The maximum atomic E-state index is 7.79. The number of benzene rings is 9. The van der Waals surface area contributed by atoms with Gasteiger partial charge in [-0.2, -0.15) is 0 Å². The summed E-state index contributed by atoms with van der Waals surface area (Å²) in [5.41, 5.74) is 8.89. The van der Waals surface area contributed by atoms with E-state index in [4.69, 9.17) is 6.57 Å². The Labute approximate surface area is 271 Å². The highest BCUT2D eigenvalue weighted by atomic mass is 15.0. The van der Waals surface area contributed by atoms with Crippen molar-refractivity contribution in [2.75, 3.05) is 0 Å². The Morgan fingerprint density at radius 2 is 1.09 bits per heavy atom. The number of fused-ring (bicyclic) bond motifs is 5. The van der Waals surface area contributed by atoms with Crippen LogP contribution in [0.2, 0.25) is 0 Å². The smallest absolute Gasteiger partial charge is 0.195 e. The molecule has 0 spiro atoms. The van der Waals surface area contributed by atoms with Gasteiger partial charge in [0.1, 0.15) is 0 Å². The minimum Gasteiger partial charge on any atom is -0.309 e. The van der Waals surface area contributed by atoms with Crippen LogP contribution in [-0.4, -0.2) is 4.57 Å². The zero-order valence-corrected chi connectivity index (χ0v) is 25.4. The highest BCUT2D eigenvalue weighted by molar-refractivity contribution is 6.27. The van der Waals surface area contributed by atoms with Crippen LogP contribution in [0.3, 0.4) is 0 Å². The molecule has 0 bridgehead atoms. The van der Waals surface area contributed by atoms with Gasteiger partial charge in [0.25, 0.3) is 0 Å². The molecule has 2 heteroatoms. The lowest BCUT2D eigenvalue weighted by atomic mass is 9.90. The van der Waals surface area contributed by atoms with E-state index in [2.05, 4.69) is 161 Å². The molecule has 1 aromatic heterocycles. The topological polar surface area (TPSA) is 9.29 Å². The van der Waals surface area contributed by atoms with Crippen LogP contribution < -0.4 is 0 Å². The van der Waals surface area contributed by atoms with Crippen molar-refractivity contribution in [2.24, 2.45) is 0 Å². The van der Waals surface area contributed by atoms with Gasteiger partial charge >= 0.3 is 0 Å². The predicted molar refractivity (Wildman–Crippen MR) is 199 cm³/mol. The van der Waals surface area contributed by atoms with Crippen molar-refractivity contribution in [1.29, 1.82) is 0 Å². The number of para-hydroxylation sites is 1. The zero-order valence-electron chi connectivity index (χ0n) is 25.4. The van der Waals surface area contributed by atoms with Crippen molar-refractivity contribution in [3.8, 4) is 27.9 Å². The van der Waals surface area contributed by atoms with Gasteiger partial charge in [-0.05, 0) is 102 Å². The summed E-state index contributed by atoms with van der Waals surface area (Å²) in [5, 5.41) is 12.2. The van der Waals surface area contributed by atoms with E-state index in [0.717, 1.165) is 27.5 Å². The average Bonchev–Trinajstić information content (AvgIpc) is 3.48. The van der Waals surface area contributed by atoms with Crippen LogP contribution in [-0.2, 0) is 0 Å². The molecule has 0 fully saturated rings. The Kier molecular flexibility index (Phi) is 5.38. The first-order chi connectivity index (χ1) is 23.3. The summed E-state index contributed by atoms with van der Waals surface area (Å²) >= 11 is 0. The van der Waals surface area contributed by atoms with E-state index in [1.165, 1.54) is 65.3 Å². The molecule has 0 N–H and O–H groups in total. The molecular formula is C45H26N2. The molecule has 0 amide bonds. The molecule has 0 saturated heterocycles. The summed E-state index contributed by atoms with van der Waals surface area (Å²) in [6, 6.07) is 56.9. The van der Waals surface area contributed by atoms with Crippen LogP contribution in [0.4, 0.5) is 5.69 Å². The molecule has 0 saturated carbocycles. The third-order valence-electron chi connectivity index (χ3n) is 9.94. The molecule has 47 heavy (non-hydrogen) atoms. The second kappa shape index (κ2) is 9.78. The third-order valence-corrected chi connectivity index (χ3v) is 9.94. The van der Waals surface area contributed by atoms with Crippen molar-refractivity contribution in [1.82, 2.24) is 4.57 Å². The van der Waals surface area contributed by atoms with Gasteiger partial charge in [0.2, 0.25) is 0 Å². The Bertz CT molecular complexity index is 2890. The number of rotatable bonds is 3. The number of aromatic nitrogens is 1. The van der Waals surface area contributed by atoms with E-state index in [9.17, 15) is 0 Å². The van der Waals surface area contributed by atoms with E-state index in [1.807, 2.05) is 6.07 Å². The second-order valence-corrected chi connectivity index (χ2v) is 12.4. The fourth-order valence-electron chi connectivity index (χ4n) is 7.81. The summed E-state index contributed by atoms with van der Waals surface area (Å²) < 4.78 is 2.35. The molecule has 0 aliphatic heterocycles. The molecule has 0 aliphatic carbocycles. The van der Waals surface area contributed by atoms with Crippen LogP contribution in [0.25, 0.3) is 97.7 Å². The van der Waals surface area contributed by atoms with E-state index in [-0.39, 0.29) is 0 Å². The van der Waals surface area contributed by atoms with Gasteiger partial charge in [0.15, 0.2) is 5.69 Å². The van der Waals surface area contributed by atoms with Gasteiger partial charge in [-0.1, -0.05) is 121 Å². The maximum absolute atomic E-state index is 7.79. The molecule has 10 aromatic rings. The van der Waals surface area contributed by atoms with Crippen LogP contribution in [0.5, 0.6) is 0 Å². The molecular weight excluding hydrogens is 569 g/mol. The number of nitrogens with zero attached hydrogens (tertiary/aromatic N) is 2. The molecule has 216 valence electrons. The van der Waals surface area contributed by atoms with Crippen LogP contribution >= 0.6 is 0 Å².